The first kappa shape index (κ1) is 37.2. The molecule has 0 rings (SSSR count). The van der Waals surface area contributed by atoms with Gasteiger partial charge in [-0.2, -0.15) is 11.8 Å². The van der Waals surface area contributed by atoms with Crippen LogP contribution in [0.25, 0.3) is 0 Å². The van der Waals surface area contributed by atoms with Crippen molar-refractivity contribution in [2.24, 2.45) is 5.90 Å². The second kappa shape index (κ2) is 30.8. The fraction of sp³-hybridized carbons (Fsp3) is 1.00. The maximum absolute atomic E-state index is 11.1. The van der Waals surface area contributed by atoms with Crippen LogP contribution in [-0.4, -0.2) is 95.2 Å². The quantitative estimate of drug-likeness (QED) is 0.0404. The van der Waals surface area contributed by atoms with Crippen molar-refractivity contribution in [3.8, 4) is 0 Å². The molecule has 10 nitrogen and oxygen atoms in total. The van der Waals surface area contributed by atoms with Crippen molar-refractivity contribution in [1.82, 2.24) is 10.6 Å². The van der Waals surface area contributed by atoms with Gasteiger partial charge in [-0.1, -0.05) is 51.9 Å². The fourth-order valence-corrected chi connectivity index (χ4v) is 4.65. The van der Waals surface area contributed by atoms with Gasteiger partial charge in [0.1, 0.15) is 0 Å². The lowest BCUT2D eigenvalue weighted by Gasteiger charge is -2.09. The second-order valence-corrected chi connectivity index (χ2v) is 12.1. The molecule has 0 heterocycles. The molecule has 0 amide bonds. The molecule has 0 radical (unpaired) electrons. The highest BCUT2D eigenvalue weighted by molar-refractivity contribution is 7.99. The van der Waals surface area contributed by atoms with E-state index in [-0.39, 0.29) is 12.8 Å². The normalized spacial score (nSPS) is 13.3. The third-order valence-electron chi connectivity index (χ3n) is 5.48. The van der Waals surface area contributed by atoms with Crippen LogP contribution in [0, 0.1) is 0 Å². The summed E-state index contributed by atoms with van der Waals surface area (Å²) in [6.45, 7) is 9.19. The van der Waals surface area contributed by atoms with Crippen LogP contribution in [0.4, 0.5) is 0 Å². The van der Waals surface area contributed by atoms with E-state index >= 15 is 0 Å². The molecule has 0 aliphatic rings. The predicted octanol–water partition coefficient (Wildman–Crippen LogP) is 3.92. The number of rotatable bonds is 32. The Morgan fingerprint density at radius 1 is 0.676 bits per heavy atom. The summed E-state index contributed by atoms with van der Waals surface area (Å²) < 4.78 is 36.8. The Kier molecular flexibility index (Phi) is 30.9. The van der Waals surface area contributed by atoms with E-state index in [1.54, 1.807) is 0 Å². The molecule has 0 aliphatic heterocycles. The Bertz CT molecular complexity index is 499. The Labute approximate surface area is 230 Å². The van der Waals surface area contributed by atoms with E-state index in [9.17, 15) is 4.57 Å². The van der Waals surface area contributed by atoms with Crippen molar-refractivity contribution in [1.29, 1.82) is 0 Å². The molecule has 0 fully saturated rings. The summed E-state index contributed by atoms with van der Waals surface area (Å²) in [7, 11) is -3.70. The van der Waals surface area contributed by atoms with Crippen LogP contribution in [0.5, 0.6) is 0 Å². The monoisotopic (exact) mass is 573 g/mol. The van der Waals surface area contributed by atoms with Gasteiger partial charge in [-0.25, -0.2) is 10.5 Å². The van der Waals surface area contributed by atoms with E-state index < -0.39 is 7.60 Å². The van der Waals surface area contributed by atoms with Crippen LogP contribution in [0.15, 0.2) is 0 Å². The highest BCUT2D eigenvalue weighted by atomic mass is 32.2. The first-order valence-electron chi connectivity index (χ1n) is 14.1. The van der Waals surface area contributed by atoms with Crippen LogP contribution in [0.2, 0.25) is 0 Å². The third-order valence-corrected chi connectivity index (χ3v) is 7.71. The number of nitrogens with two attached hydrogens (primary N) is 1. The van der Waals surface area contributed by atoms with E-state index in [4.69, 9.17) is 29.7 Å². The van der Waals surface area contributed by atoms with Gasteiger partial charge in [0.25, 0.3) is 0 Å². The number of unbranched alkanes of at least 4 members (excludes halogenated alkanes) is 7. The van der Waals surface area contributed by atoms with Crippen LogP contribution in [0.3, 0.4) is 0 Å². The summed E-state index contributed by atoms with van der Waals surface area (Å²) in [5, 5.41) is 6.77. The molecule has 12 heteroatoms. The predicted molar refractivity (Wildman–Crippen MR) is 153 cm³/mol. The summed E-state index contributed by atoms with van der Waals surface area (Å²) in [5.74, 6) is 7.01. The fourth-order valence-electron chi connectivity index (χ4n) is 3.31. The van der Waals surface area contributed by atoms with Crippen LogP contribution in [0.1, 0.15) is 71.1 Å². The molecule has 1 unspecified atom stereocenters. The lowest BCUT2D eigenvalue weighted by Crippen LogP contribution is -2.22. The molecule has 37 heavy (non-hydrogen) atoms. The van der Waals surface area contributed by atoms with Gasteiger partial charge in [0.2, 0.25) is 0 Å². The SMILES string of the molecule is CCCCCCCCCCNCOCCCSCCCNCCOCCOCCOCCP(=O)(O)ON. The topological polar surface area (TPSA) is 134 Å². The molecule has 0 saturated heterocycles. The molecule has 0 aromatic heterocycles. The van der Waals surface area contributed by atoms with Crippen molar-refractivity contribution in [2.45, 2.75) is 71.1 Å². The smallest absolute Gasteiger partial charge is 0.346 e. The van der Waals surface area contributed by atoms with Crippen molar-refractivity contribution in [3.63, 3.8) is 0 Å². The molecule has 1 atom stereocenters. The van der Waals surface area contributed by atoms with Gasteiger partial charge in [0, 0.05) is 13.2 Å². The molecule has 5 N–H and O–H groups in total. The number of hydrogen-bond donors (Lipinski definition) is 4. The summed E-state index contributed by atoms with van der Waals surface area (Å²) >= 11 is 1.99. The van der Waals surface area contributed by atoms with Gasteiger partial charge in [-0.05, 0) is 43.9 Å². The Morgan fingerprint density at radius 3 is 1.97 bits per heavy atom. The first-order chi connectivity index (χ1) is 18.1. The minimum atomic E-state index is -3.70. The Hall–Kier alpha value is 0.220. The van der Waals surface area contributed by atoms with Gasteiger partial charge in [-0.15, -0.1) is 0 Å². The van der Waals surface area contributed by atoms with Gasteiger partial charge in [0.05, 0.1) is 52.5 Å². The van der Waals surface area contributed by atoms with Gasteiger partial charge >= 0.3 is 7.60 Å². The van der Waals surface area contributed by atoms with Crippen LogP contribution < -0.4 is 16.5 Å². The molecule has 224 valence electrons. The van der Waals surface area contributed by atoms with Crippen molar-refractivity contribution in [3.05, 3.63) is 0 Å². The molecule has 0 aliphatic carbocycles. The number of thioether (sulfide) groups is 1. The van der Waals surface area contributed by atoms with E-state index in [2.05, 4.69) is 22.2 Å². The average Bonchev–Trinajstić information content (AvgIpc) is 2.89. The van der Waals surface area contributed by atoms with E-state index in [1.165, 1.54) is 51.4 Å². The minimum Gasteiger partial charge on any atom is -0.378 e. The summed E-state index contributed by atoms with van der Waals surface area (Å²) in [4.78, 5) is 9.10. The number of hydrogen-bond acceptors (Lipinski definition) is 10. The molecule has 0 aromatic rings. The lowest BCUT2D eigenvalue weighted by molar-refractivity contribution is 0.0174. The maximum Gasteiger partial charge on any atom is 0.346 e. The zero-order valence-corrected chi connectivity index (χ0v) is 25.0. The van der Waals surface area contributed by atoms with E-state index in [1.807, 2.05) is 11.8 Å². The zero-order valence-electron chi connectivity index (χ0n) is 23.3. The molecule has 0 bridgehead atoms. The Balaban J connectivity index is 3.06. The molecular weight excluding hydrogens is 517 g/mol. The molecule has 0 spiro atoms. The molecular formula is C25H56N3O7PS. The summed E-state index contributed by atoms with van der Waals surface area (Å²) in [6, 6.07) is 0. The first-order valence-corrected chi connectivity index (χ1v) is 17.0. The molecule has 0 aromatic carbocycles. The largest absolute Gasteiger partial charge is 0.378 e. The van der Waals surface area contributed by atoms with Crippen molar-refractivity contribution in [2.75, 3.05) is 90.3 Å². The van der Waals surface area contributed by atoms with E-state index in [0.717, 1.165) is 50.6 Å². The third kappa shape index (κ3) is 32.3. The highest BCUT2D eigenvalue weighted by Gasteiger charge is 2.16. The second-order valence-electron chi connectivity index (χ2n) is 8.90. The molecule has 0 saturated carbocycles. The standard InChI is InChI=1S/C25H56N3O7PS/c1-2-3-4-5-6-7-8-9-12-28-25-34-15-11-24-37-23-10-13-27-14-16-31-17-18-32-19-20-33-21-22-36(29,30)35-26/h27-28H,2-26H2,1H3,(H,29,30). The van der Waals surface area contributed by atoms with Gasteiger partial charge in [0.15, 0.2) is 0 Å². The summed E-state index contributed by atoms with van der Waals surface area (Å²) in [6.07, 6.45) is 13.0. The van der Waals surface area contributed by atoms with Crippen molar-refractivity contribution < 1.29 is 33.0 Å². The summed E-state index contributed by atoms with van der Waals surface area (Å²) in [5.41, 5.74) is 0. The lowest BCUT2D eigenvalue weighted by atomic mass is 10.1. The highest BCUT2D eigenvalue weighted by Crippen LogP contribution is 2.38. The van der Waals surface area contributed by atoms with Gasteiger partial charge < -0.3 is 29.2 Å². The van der Waals surface area contributed by atoms with E-state index in [0.29, 0.717) is 39.8 Å². The van der Waals surface area contributed by atoms with Crippen LogP contribution >= 0.6 is 19.4 Å². The van der Waals surface area contributed by atoms with Crippen molar-refractivity contribution >= 4 is 19.4 Å². The Morgan fingerprint density at radius 2 is 1.27 bits per heavy atom. The minimum absolute atomic E-state index is 0.0978. The van der Waals surface area contributed by atoms with Gasteiger partial charge in [-0.3, -0.25) is 9.88 Å². The van der Waals surface area contributed by atoms with Crippen LogP contribution in [-0.2, 0) is 28.1 Å². The number of ether oxygens (including phenoxy) is 4. The number of nitrogens with one attached hydrogen (secondary N) is 2. The average molecular weight is 574 g/mol. The maximum atomic E-state index is 11.1. The zero-order chi connectivity index (χ0) is 27.1.